The fourth-order valence-electron chi connectivity index (χ4n) is 2.88. The van der Waals surface area contributed by atoms with Gasteiger partial charge in [0.2, 0.25) is 0 Å². The Labute approximate surface area is 150 Å². The van der Waals surface area contributed by atoms with Gasteiger partial charge in [-0.25, -0.2) is 9.78 Å². The van der Waals surface area contributed by atoms with Gasteiger partial charge in [-0.3, -0.25) is 14.3 Å². The number of rotatable bonds is 7. The zero-order chi connectivity index (χ0) is 18.7. The second-order valence-electron chi connectivity index (χ2n) is 6.06. The van der Waals surface area contributed by atoms with Gasteiger partial charge in [-0.05, 0) is 30.7 Å². The minimum absolute atomic E-state index is 0.391. The van der Waals surface area contributed by atoms with Gasteiger partial charge in [-0.2, -0.15) is 0 Å². The van der Waals surface area contributed by atoms with E-state index in [-0.39, 0.29) is 0 Å². The van der Waals surface area contributed by atoms with Crippen LogP contribution >= 0.6 is 0 Å². The Morgan fingerprint density at radius 3 is 2.65 bits per heavy atom. The van der Waals surface area contributed by atoms with Crippen molar-refractivity contribution in [1.82, 2.24) is 19.1 Å². The molecular weight excluding hydrogens is 332 g/mol. The molecule has 1 N–H and O–H groups in total. The summed E-state index contributed by atoms with van der Waals surface area (Å²) < 4.78 is 8.74. The molecule has 7 nitrogen and oxygen atoms in total. The van der Waals surface area contributed by atoms with E-state index in [1.54, 1.807) is 17.7 Å². The molecule has 7 heteroatoms. The van der Waals surface area contributed by atoms with E-state index in [2.05, 4.69) is 16.5 Å². The van der Waals surface area contributed by atoms with Crippen LogP contribution in [0.1, 0.15) is 19.8 Å². The molecule has 2 heterocycles. The standard InChI is InChI=1S/C19H22N4O3/c1-4-6-11-23-17-15(18(24)21-19(23)25)22(3)16(20-17)13-7-9-14(10-8-13)26-12-5-2/h5,7-10H,2,4,6,11-12H2,1,3H3,(H,21,24,25). The molecule has 3 aromatic rings. The van der Waals surface area contributed by atoms with E-state index >= 15 is 0 Å². The smallest absolute Gasteiger partial charge is 0.330 e. The second-order valence-corrected chi connectivity index (χ2v) is 6.06. The molecule has 0 amide bonds. The van der Waals surface area contributed by atoms with Gasteiger partial charge in [-0.1, -0.05) is 26.0 Å². The van der Waals surface area contributed by atoms with Gasteiger partial charge in [0.1, 0.15) is 18.2 Å². The molecule has 0 spiro atoms. The molecule has 136 valence electrons. The van der Waals surface area contributed by atoms with Gasteiger partial charge >= 0.3 is 5.69 Å². The third kappa shape index (κ3) is 3.20. The fourth-order valence-corrected chi connectivity index (χ4v) is 2.88. The Kier molecular flexibility index (Phi) is 5.06. The van der Waals surface area contributed by atoms with Gasteiger partial charge < -0.3 is 9.30 Å². The maximum Gasteiger partial charge on any atom is 0.330 e. The Morgan fingerprint density at radius 1 is 1.27 bits per heavy atom. The molecule has 26 heavy (non-hydrogen) atoms. The average Bonchev–Trinajstić information content (AvgIpc) is 2.98. The molecule has 0 radical (unpaired) electrons. The first-order valence-electron chi connectivity index (χ1n) is 8.60. The van der Waals surface area contributed by atoms with Crippen molar-refractivity contribution in [2.45, 2.75) is 26.3 Å². The predicted molar refractivity (Wildman–Crippen MR) is 102 cm³/mol. The molecule has 3 rings (SSSR count). The highest BCUT2D eigenvalue weighted by Gasteiger charge is 2.17. The molecule has 0 unspecified atom stereocenters. The first-order valence-corrected chi connectivity index (χ1v) is 8.60. The van der Waals surface area contributed by atoms with Crippen LogP contribution < -0.4 is 16.0 Å². The normalized spacial score (nSPS) is 11.0. The van der Waals surface area contributed by atoms with Crippen LogP contribution in [0.2, 0.25) is 0 Å². The van der Waals surface area contributed by atoms with E-state index < -0.39 is 11.2 Å². The Balaban J connectivity index is 2.11. The van der Waals surface area contributed by atoms with Crippen LogP contribution in [0, 0.1) is 0 Å². The molecule has 1 aromatic carbocycles. The first-order chi connectivity index (χ1) is 12.6. The number of unbranched alkanes of at least 4 members (excludes halogenated alkanes) is 1. The molecule has 0 saturated carbocycles. The van der Waals surface area contributed by atoms with E-state index in [1.807, 2.05) is 31.2 Å². The van der Waals surface area contributed by atoms with Gasteiger partial charge in [0.25, 0.3) is 5.56 Å². The zero-order valence-corrected chi connectivity index (χ0v) is 15.0. The number of nitrogens with one attached hydrogen (secondary N) is 1. The molecule has 0 atom stereocenters. The summed E-state index contributed by atoms with van der Waals surface area (Å²) in [5.41, 5.74) is 0.793. The largest absolute Gasteiger partial charge is 0.490 e. The predicted octanol–water partition coefficient (Wildman–Crippen LogP) is 2.46. The quantitative estimate of drug-likeness (QED) is 0.661. The summed E-state index contributed by atoms with van der Waals surface area (Å²) in [5.74, 6) is 1.35. The lowest BCUT2D eigenvalue weighted by Gasteiger charge is -2.05. The number of aryl methyl sites for hydroxylation is 2. The lowest BCUT2D eigenvalue weighted by Crippen LogP contribution is -2.31. The van der Waals surface area contributed by atoms with Crippen molar-refractivity contribution in [2.24, 2.45) is 7.05 Å². The summed E-state index contributed by atoms with van der Waals surface area (Å²) in [6, 6.07) is 7.43. The number of nitrogens with zero attached hydrogens (tertiary/aromatic N) is 3. The number of aromatic nitrogens is 4. The molecule has 0 bridgehead atoms. The first kappa shape index (κ1) is 17.7. The number of ether oxygens (including phenoxy) is 1. The van der Waals surface area contributed by atoms with Crippen LogP contribution in [0.5, 0.6) is 5.75 Å². The molecular formula is C19H22N4O3. The van der Waals surface area contributed by atoms with E-state index in [0.717, 1.165) is 24.2 Å². The monoisotopic (exact) mass is 354 g/mol. The third-order valence-corrected chi connectivity index (χ3v) is 4.23. The number of hydrogen-bond donors (Lipinski definition) is 1. The molecule has 0 aliphatic heterocycles. The molecule has 0 aliphatic rings. The number of hydrogen-bond acceptors (Lipinski definition) is 4. The molecule has 0 aliphatic carbocycles. The van der Waals surface area contributed by atoms with Gasteiger partial charge in [-0.15, -0.1) is 0 Å². The highest BCUT2D eigenvalue weighted by molar-refractivity contribution is 5.76. The molecule has 2 aromatic heterocycles. The van der Waals surface area contributed by atoms with Crippen molar-refractivity contribution in [1.29, 1.82) is 0 Å². The van der Waals surface area contributed by atoms with Crippen molar-refractivity contribution >= 4 is 11.2 Å². The Hall–Kier alpha value is -3.09. The third-order valence-electron chi connectivity index (χ3n) is 4.23. The Bertz CT molecular complexity index is 1040. The van der Waals surface area contributed by atoms with Gasteiger partial charge in [0, 0.05) is 19.2 Å². The van der Waals surface area contributed by atoms with Crippen molar-refractivity contribution in [3.05, 3.63) is 57.8 Å². The zero-order valence-electron chi connectivity index (χ0n) is 15.0. The van der Waals surface area contributed by atoms with E-state index in [9.17, 15) is 9.59 Å². The van der Waals surface area contributed by atoms with Gasteiger partial charge in [0.05, 0.1) is 0 Å². The summed E-state index contributed by atoms with van der Waals surface area (Å²) in [6.45, 7) is 6.63. The lowest BCUT2D eigenvalue weighted by molar-refractivity contribution is 0.363. The number of benzene rings is 1. The number of H-pyrrole nitrogens is 1. The van der Waals surface area contributed by atoms with Crippen LogP contribution in [0.3, 0.4) is 0 Å². The number of fused-ring (bicyclic) bond motifs is 1. The van der Waals surface area contributed by atoms with Crippen LogP contribution in [0.25, 0.3) is 22.6 Å². The van der Waals surface area contributed by atoms with E-state index in [0.29, 0.717) is 30.1 Å². The highest BCUT2D eigenvalue weighted by Crippen LogP contribution is 2.24. The van der Waals surface area contributed by atoms with Crippen LogP contribution in [-0.4, -0.2) is 25.7 Å². The second kappa shape index (κ2) is 7.43. The lowest BCUT2D eigenvalue weighted by atomic mass is 10.2. The summed E-state index contributed by atoms with van der Waals surface area (Å²) in [7, 11) is 1.77. The minimum Gasteiger partial charge on any atom is -0.490 e. The summed E-state index contributed by atoms with van der Waals surface area (Å²) in [4.78, 5) is 31.5. The van der Waals surface area contributed by atoms with Crippen LogP contribution in [0.15, 0.2) is 46.5 Å². The molecule has 0 saturated heterocycles. The van der Waals surface area contributed by atoms with Crippen molar-refractivity contribution in [3.8, 4) is 17.1 Å². The summed E-state index contributed by atoms with van der Waals surface area (Å²) >= 11 is 0. The van der Waals surface area contributed by atoms with Crippen LogP contribution in [-0.2, 0) is 13.6 Å². The van der Waals surface area contributed by atoms with Crippen LogP contribution in [0.4, 0.5) is 0 Å². The SMILES string of the molecule is C=CCOc1ccc(-c2nc3c(c(=O)[nH]c(=O)n3CCCC)n2C)cc1. The highest BCUT2D eigenvalue weighted by atomic mass is 16.5. The average molecular weight is 354 g/mol. The number of imidazole rings is 1. The van der Waals surface area contributed by atoms with Crippen molar-refractivity contribution in [2.75, 3.05) is 6.61 Å². The summed E-state index contributed by atoms with van der Waals surface area (Å²) in [5, 5.41) is 0. The van der Waals surface area contributed by atoms with E-state index in [1.165, 1.54) is 4.57 Å². The topological polar surface area (TPSA) is 81.9 Å². The summed E-state index contributed by atoms with van der Waals surface area (Å²) in [6.07, 6.45) is 3.46. The Morgan fingerprint density at radius 2 is 2.00 bits per heavy atom. The van der Waals surface area contributed by atoms with Crippen molar-refractivity contribution < 1.29 is 4.74 Å². The number of aromatic amines is 1. The van der Waals surface area contributed by atoms with E-state index in [4.69, 9.17) is 4.74 Å². The minimum atomic E-state index is -0.426. The maximum atomic E-state index is 12.3. The fraction of sp³-hybridized carbons (Fsp3) is 0.316. The maximum absolute atomic E-state index is 12.3. The van der Waals surface area contributed by atoms with Gasteiger partial charge in [0.15, 0.2) is 11.2 Å². The van der Waals surface area contributed by atoms with Crippen molar-refractivity contribution in [3.63, 3.8) is 0 Å². The molecule has 0 fully saturated rings.